The van der Waals surface area contributed by atoms with Crippen LogP contribution in [0.5, 0.6) is 0 Å². The maximum absolute atomic E-state index is 11.6. The molecule has 1 amide bonds. The lowest BCUT2D eigenvalue weighted by atomic mass is 10.2. The van der Waals surface area contributed by atoms with Crippen LogP contribution in [0, 0.1) is 5.92 Å². The quantitative estimate of drug-likeness (QED) is 0.693. The molecule has 0 aromatic rings. The monoisotopic (exact) mass is 231 g/mol. The number of esters is 1. The average molecular weight is 231 g/mol. The summed E-state index contributed by atoms with van der Waals surface area (Å²) in [5.74, 6) is -0.696. The van der Waals surface area contributed by atoms with Gasteiger partial charge in [-0.2, -0.15) is 0 Å². The molecule has 16 heavy (non-hydrogen) atoms. The van der Waals surface area contributed by atoms with E-state index in [4.69, 9.17) is 4.74 Å². The van der Waals surface area contributed by atoms with Gasteiger partial charge in [0.05, 0.1) is 13.0 Å². The fourth-order valence-electron chi connectivity index (χ4n) is 1.10. The van der Waals surface area contributed by atoms with Gasteiger partial charge in [-0.3, -0.25) is 4.79 Å². The zero-order valence-electron chi connectivity index (χ0n) is 10.9. The van der Waals surface area contributed by atoms with Gasteiger partial charge in [-0.1, -0.05) is 6.92 Å². The van der Waals surface area contributed by atoms with Crippen LogP contribution >= 0.6 is 0 Å². The number of carbonyl (C=O) groups excluding carboxylic acids is 2. The van der Waals surface area contributed by atoms with Gasteiger partial charge in [0.15, 0.2) is 0 Å². The Morgan fingerprint density at radius 1 is 1.31 bits per heavy atom. The predicted octanol–water partition coefficient (Wildman–Crippen LogP) is 1.66. The van der Waals surface area contributed by atoms with Crippen molar-refractivity contribution >= 4 is 12.1 Å². The molecule has 0 radical (unpaired) electrons. The highest BCUT2D eigenvalue weighted by Crippen LogP contribution is 2.10. The smallest absolute Gasteiger partial charge is 0.410 e. The van der Waals surface area contributed by atoms with Crippen molar-refractivity contribution in [3.63, 3.8) is 0 Å². The van der Waals surface area contributed by atoms with Gasteiger partial charge in [-0.05, 0) is 20.8 Å². The second-order valence-electron chi connectivity index (χ2n) is 4.79. The summed E-state index contributed by atoms with van der Waals surface area (Å²) < 4.78 is 9.72. The lowest BCUT2D eigenvalue weighted by Gasteiger charge is -2.25. The first-order chi connectivity index (χ1) is 7.17. The van der Waals surface area contributed by atoms with E-state index in [2.05, 4.69) is 4.74 Å². The minimum Gasteiger partial charge on any atom is -0.469 e. The summed E-state index contributed by atoms with van der Waals surface area (Å²) in [5.41, 5.74) is -0.528. The molecule has 0 aliphatic carbocycles. The number of rotatable bonds is 3. The van der Waals surface area contributed by atoms with E-state index >= 15 is 0 Å². The molecular weight excluding hydrogens is 210 g/mol. The minimum absolute atomic E-state index is 0.279. The molecule has 1 atom stereocenters. The van der Waals surface area contributed by atoms with E-state index in [-0.39, 0.29) is 18.4 Å². The van der Waals surface area contributed by atoms with Gasteiger partial charge >= 0.3 is 12.1 Å². The molecule has 0 N–H and O–H groups in total. The summed E-state index contributed by atoms with van der Waals surface area (Å²) in [7, 11) is 2.92. The van der Waals surface area contributed by atoms with Crippen molar-refractivity contribution in [3.05, 3.63) is 0 Å². The first kappa shape index (κ1) is 14.7. The van der Waals surface area contributed by atoms with Crippen LogP contribution in [0.1, 0.15) is 27.7 Å². The molecule has 0 aliphatic heterocycles. The molecule has 0 fully saturated rings. The summed E-state index contributed by atoms with van der Waals surface area (Å²) in [6, 6.07) is 0. The van der Waals surface area contributed by atoms with Gasteiger partial charge in [-0.25, -0.2) is 4.79 Å². The van der Waals surface area contributed by atoms with Crippen LogP contribution in [0.4, 0.5) is 4.79 Å². The van der Waals surface area contributed by atoms with Gasteiger partial charge in [0, 0.05) is 13.6 Å². The Balaban J connectivity index is 4.21. The Labute approximate surface area is 96.7 Å². The van der Waals surface area contributed by atoms with E-state index in [1.54, 1.807) is 34.7 Å². The minimum atomic E-state index is -0.528. The van der Waals surface area contributed by atoms with E-state index in [0.29, 0.717) is 0 Å². The lowest BCUT2D eigenvalue weighted by molar-refractivity contribution is -0.145. The molecule has 0 aromatic heterocycles. The molecule has 0 saturated heterocycles. The van der Waals surface area contributed by atoms with Gasteiger partial charge in [0.25, 0.3) is 0 Å². The first-order valence-corrected chi connectivity index (χ1v) is 5.19. The predicted molar refractivity (Wildman–Crippen MR) is 60.0 cm³/mol. The van der Waals surface area contributed by atoms with Crippen LogP contribution in [0.25, 0.3) is 0 Å². The Hall–Kier alpha value is -1.26. The molecule has 0 aromatic carbocycles. The highest BCUT2D eigenvalue weighted by molar-refractivity contribution is 5.73. The fraction of sp³-hybridized carbons (Fsp3) is 0.818. The molecule has 5 nitrogen and oxygen atoms in total. The molecule has 0 unspecified atom stereocenters. The molecule has 0 saturated carbocycles. The van der Waals surface area contributed by atoms with Crippen molar-refractivity contribution < 1.29 is 19.1 Å². The number of ether oxygens (including phenoxy) is 2. The zero-order chi connectivity index (χ0) is 12.9. The Bertz CT molecular complexity index is 257. The largest absolute Gasteiger partial charge is 0.469 e. The number of methoxy groups -OCH3 is 1. The summed E-state index contributed by atoms with van der Waals surface area (Å²) in [6.07, 6.45) is -0.441. The zero-order valence-corrected chi connectivity index (χ0v) is 10.9. The van der Waals surface area contributed by atoms with Crippen LogP contribution in [0.2, 0.25) is 0 Å². The Morgan fingerprint density at radius 2 is 1.81 bits per heavy atom. The van der Waals surface area contributed by atoms with Gasteiger partial charge in [0.2, 0.25) is 0 Å². The van der Waals surface area contributed by atoms with E-state index in [0.717, 1.165) is 0 Å². The third-order valence-electron chi connectivity index (χ3n) is 1.86. The van der Waals surface area contributed by atoms with Crippen molar-refractivity contribution in [2.45, 2.75) is 33.3 Å². The first-order valence-electron chi connectivity index (χ1n) is 5.19. The van der Waals surface area contributed by atoms with E-state index < -0.39 is 11.7 Å². The van der Waals surface area contributed by atoms with Gasteiger partial charge in [-0.15, -0.1) is 0 Å². The van der Waals surface area contributed by atoms with Crippen molar-refractivity contribution in [1.82, 2.24) is 4.90 Å². The topological polar surface area (TPSA) is 55.8 Å². The van der Waals surface area contributed by atoms with Crippen LogP contribution in [0.15, 0.2) is 0 Å². The van der Waals surface area contributed by atoms with Crippen LogP contribution in [-0.4, -0.2) is 43.3 Å². The van der Waals surface area contributed by atoms with Gasteiger partial charge in [0.1, 0.15) is 5.60 Å². The molecule has 5 heteroatoms. The molecule has 0 rings (SSSR count). The number of hydrogen-bond donors (Lipinski definition) is 0. The summed E-state index contributed by atoms with van der Waals surface area (Å²) in [4.78, 5) is 24.1. The van der Waals surface area contributed by atoms with Crippen molar-refractivity contribution in [2.75, 3.05) is 20.7 Å². The van der Waals surface area contributed by atoms with Crippen LogP contribution < -0.4 is 0 Å². The molecule has 0 bridgehead atoms. The van der Waals surface area contributed by atoms with Crippen molar-refractivity contribution in [2.24, 2.45) is 5.92 Å². The van der Waals surface area contributed by atoms with Crippen LogP contribution in [-0.2, 0) is 14.3 Å². The second kappa shape index (κ2) is 5.72. The maximum atomic E-state index is 11.6. The Kier molecular flexibility index (Phi) is 5.27. The summed E-state index contributed by atoms with van der Waals surface area (Å²) in [5, 5.41) is 0. The Morgan fingerprint density at radius 3 is 2.19 bits per heavy atom. The third-order valence-corrected chi connectivity index (χ3v) is 1.86. The molecule has 0 spiro atoms. The van der Waals surface area contributed by atoms with E-state index in [1.807, 2.05) is 0 Å². The number of carbonyl (C=O) groups is 2. The highest BCUT2D eigenvalue weighted by atomic mass is 16.6. The average Bonchev–Trinajstić information content (AvgIpc) is 2.13. The highest BCUT2D eigenvalue weighted by Gasteiger charge is 2.23. The molecule has 94 valence electrons. The second-order valence-corrected chi connectivity index (χ2v) is 4.79. The number of amides is 1. The van der Waals surface area contributed by atoms with Crippen LogP contribution in [0.3, 0.4) is 0 Å². The fourth-order valence-corrected chi connectivity index (χ4v) is 1.10. The molecule has 0 aliphatic rings. The van der Waals surface area contributed by atoms with Crippen molar-refractivity contribution in [1.29, 1.82) is 0 Å². The maximum Gasteiger partial charge on any atom is 0.410 e. The number of nitrogens with zero attached hydrogens (tertiary/aromatic N) is 1. The summed E-state index contributed by atoms with van der Waals surface area (Å²) in [6.45, 7) is 7.36. The van der Waals surface area contributed by atoms with E-state index in [1.165, 1.54) is 12.0 Å². The molecular formula is C11H21NO4. The molecule has 0 heterocycles. The number of hydrogen-bond acceptors (Lipinski definition) is 4. The van der Waals surface area contributed by atoms with E-state index in [9.17, 15) is 9.59 Å². The summed E-state index contributed by atoms with van der Waals surface area (Å²) >= 11 is 0. The van der Waals surface area contributed by atoms with Gasteiger partial charge < -0.3 is 14.4 Å². The standard InChI is InChI=1S/C11H21NO4/c1-8(9(13)15-6)7-12(5)10(14)16-11(2,3)4/h8H,7H2,1-6H3/t8-/m1/s1. The lowest BCUT2D eigenvalue weighted by Crippen LogP contribution is -2.38. The SMILES string of the molecule is COC(=O)[C@H](C)CN(C)C(=O)OC(C)(C)C. The third kappa shape index (κ3) is 5.58. The van der Waals surface area contributed by atoms with Crippen molar-refractivity contribution in [3.8, 4) is 0 Å². The normalized spacial score (nSPS) is 12.9.